The second-order valence-electron chi connectivity index (χ2n) is 8.01. The standard InChI is InChI=1S/C19H35NO/c21-16-19(17-8-2-3-9-17,18-10-4-5-11-18)12-15-20-13-6-1-7-14-20/h17-18,21H,1-16H2. The normalized spacial score (nSPS) is 26.7. The maximum Gasteiger partial charge on any atom is 0.0493 e. The van der Waals surface area contributed by atoms with Crippen molar-refractivity contribution >= 4 is 0 Å². The zero-order chi connectivity index (χ0) is 14.5. The van der Waals surface area contributed by atoms with E-state index in [-0.39, 0.29) is 5.41 Å². The Hall–Kier alpha value is -0.0800. The minimum absolute atomic E-state index is 0.268. The topological polar surface area (TPSA) is 23.5 Å². The number of aliphatic hydroxyl groups excluding tert-OH is 1. The molecule has 0 aromatic heterocycles. The highest BCUT2D eigenvalue weighted by Gasteiger charge is 2.46. The molecule has 2 nitrogen and oxygen atoms in total. The van der Waals surface area contributed by atoms with Gasteiger partial charge in [0.05, 0.1) is 0 Å². The number of likely N-dealkylation sites (tertiary alicyclic amines) is 1. The molecule has 0 spiro atoms. The van der Waals surface area contributed by atoms with Crippen molar-refractivity contribution in [2.24, 2.45) is 17.3 Å². The molecule has 3 rings (SSSR count). The van der Waals surface area contributed by atoms with Gasteiger partial charge in [-0.3, -0.25) is 0 Å². The van der Waals surface area contributed by atoms with E-state index >= 15 is 0 Å². The van der Waals surface area contributed by atoms with E-state index in [1.165, 1.54) is 96.7 Å². The third kappa shape index (κ3) is 3.47. The Morgan fingerprint density at radius 1 is 0.762 bits per heavy atom. The van der Waals surface area contributed by atoms with Gasteiger partial charge >= 0.3 is 0 Å². The highest BCUT2D eigenvalue weighted by atomic mass is 16.3. The quantitative estimate of drug-likeness (QED) is 0.792. The molecule has 0 bridgehead atoms. The number of hydrogen-bond acceptors (Lipinski definition) is 2. The Balaban J connectivity index is 1.67. The predicted molar refractivity (Wildman–Crippen MR) is 88.3 cm³/mol. The molecule has 122 valence electrons. The Morgan fingerprint density at radius 3 is 1.76 bits per heavy atom. The molecule has 0 unspecified atom stereocenters. The Kier molecular flexibility index (Phi) is 5.61. The minimum atomic E-state index is 0.268. The second-order valence-corrected chi connectivity index (χ2v) is 8.01. The van der Waals surface area contributed by atoms with Gasteiger partial charge in [0, 0.05) is 12.0 Å². The lowest BCUT2D eigenvalue weighted by molar-refractivity contribution is -0.0117. The maximum atomic E-state index is 10.4. The first-order chi connectivity index (χ1) is 10.3. The van der Waals surface area contributed by atoms with Crippen LogP contribution in [0.3, 0.4) is 0 Å². The van der Waals surface area contributed by atoms with Gasteiger partial charge in [0.15, 0.2) is 0 Å². The third-order valence-electron chi connectivity index (χ3n) is 6.97. The molecule has 3 fully saturated rings. The van der Waals surface area contributed by atoms with Crippen LogP contribution in [0.25, 0.3) is 0 Å². The van der Waals surface area contributed by atoms with Crippen LogP contribution < -0.4 is 0 Å². The van der Waals surface area contributed by atoms with E-state index in [2.05, 4.69) is 4.90 Å². The van der Waals surface area contributed by atoms with E-state index in [1.54, 1.807) is 0 Å². The van der Waals surface area contributed by atoms with Gasteiger partial charge in [-0.1, -0.05) is 32.1 Å². The molecule has 0 aromatic rings. The molecule has 0 aromatic carbocycles. The summed E-state index contributed by atoms with van der Waals surface area (Å²) in [5, 5.41) is 10.4. The van der Waals surface area contributed by atoms with Crippen molar-refractivity contribution in [2.45, 2.75) is 77.0 Å². The predicted octanol–water partition coefficient (Wildman–Crippen LogP) is 4.22. The monoisotopic (exact) mass is 293 g/mol. The first-order valence-corrected chi connectivity index (χ1v) is 9.68. The van der Waals surface area contributed by atoms with E-state index in [0.717, 1.165) is 11.8 Å². The zero-order valence-corrected chi connectivity index (χ0v) is 13.9. The van der Waals surface area contributed by atoms with Gasteiger partial charge in [0.2, 0.25) is 0 Å². The lowest BCUT2D eigenvalue weighted by atomic mass is 9.63. The summed E-state index contributed by atoms with van der Waals surface area (Å²) in [6.07, 6.45) is 16.6. The van der Waals surface area contributed by atoms with Crippen molar-refractivity contribution in [1.82, 2.24) is 4.90 Å². The van der Waals surface area contributed by atoms with Gasteiger partial charge in [-0.05, 0) is 76.4 Å². The van der Waals surface area contributed by atoms with E-state index in [9.17, 15) is 5.11 Å². The molecule has 1 saturated heterocycles. The fourth-order valence-electron chi connectivity index (χ4n) is 5.63. The second kappa shape index (κ2) is 7.46. The first-order valence-electron chi connectivity index (χ1n) is 9.68. The number of piperidine rings is 1. The van der Waals surface area contributed by atoms with Crippen molar-refractivity contribution < 1.29 is 5.11 Å². The van der Waals surface area contributed by atoms with Crippen LogP contribution in [-0.2, 0) is 0 Å². The summed E-state index contributed by atoms with van der Waals surface area (Å²) in [4.78, 5) is 2.68. The first kappa shape index (κ1) is 15.8. The molecule has 2 saturated carbocycles. The summed E-state index contributed by atoms with van der Waals surface area (Å²) in [6, 6.07) is 0. The molecule has 1 aliphatic heterocycles. The van der Waals surface area contributed by atoms with Crippen LogP contribution in [0.2, 0.25) is 0 Å². The summed E-state index contributed by atoms with van der Waals surface area (Å²) >= 11 is 0. The van der Waals surface area contributed by atoms with Crippen LogP contribution in [0.1, 0.15) is 77.0 Å². The van der Waals surface area contributed by atoms with Gasteiger partial charge in [-0.25, -0.2) is 0 Å². The number of rotatable bonds is 6. The molecule has 0 atom stereocenters. The molecule has 0 amide bonds. The summed E-state index contributed by atoms with van der Waals surface area (Å²) in [5.41, 5.74) is 0.268. The molecular formula is C19H35NO. The van der Waals surface area contributed by atoms with Gasteiger partial charge in [-0.15, -0.1) is 0 Å². The number of nitrogens with zero attached hydrogens (tertiary/aromatic N) is 1. The van der Waals surface area contributed by atoms with Crippen molar-refractivity contribution in [3.63, 3.8) is 0 Å². The van der Waals surface area contributed by atoms with E-state index in [1.807, 2.05) is 0 Å². The Bertz CT molecular complexity index is 283. The van der Waals surface area contributed by atoms with Crippen LogP contribution in [0, 0.1) is 17.3 Å². The molecular weight excluding hydrogens is 258 g/mol. The highest BCUT2D eigenvalue weighted by Crippen LogP contribution is 2.52. The molecule has 3 aliphatic rings. The smallest absolute Gasteiger partial charge is 0.0493 e. The van der Waals surface area contributed by atoms with Crippen LogP contribution in [0.15, 0.2) is 0 Å². The molecule has 1 heterocycles. The lowest BCUT2D eigenvalue weighted by Crippen LogP contribution is -2.43. The van der Waals surface area contributed by atoms with Crippen molar-refractivity contribution in [3.8, 4) is 0 Å². The van der Waals surface area contributed by atoms with Crippen LogP contribution in [0.5, 0.6) is 0 Å². The fourth-order valence-corrected chi connectivity index (χ4v) is 5.63. The Morgan fingerprint density at radius 2 is 1.29 bits per heavy atom. The number of aliphatic hydroxyl groups is 1. The lowest BCUT2D eigenvalue weighted by Gasteiger charge is -2.44. The van der Waals surface area contributed by atoms with Gasteiger partial charge in [0.25, 0.3) is 0 Å². The van der Waals surface area contributed by atoms with Crippen LogP contribution >= 0.6 is 0 Å². The summed E-state index contributed by atoms with van der Waals surface area (Å²) in [7, 11) is 0. The van der Waals surface area contributed by atoms with Gasteiger partial charge < -0.3 is 10.0 Å². The van der Waals surface area contributed by atoms with Crippen molar-refractivity contribution in [2.75, 3.05) is 26.2 Å². The van der Waals surface area contributed by atoms with E-state index < -0.39 is 0 Å². The summed E-state index contributed by atoms with van der Waals surface area (Å²) < 4.78 is 0. The molecule has 0 radical (unpaired) electrons. The van der Waals surface area contributed by atoms with E-state index in [0.29, 0.717) is 6.61 Å². The number of hydrogen-bond donors (Lipinski definition) is 1. The SMILES string of the molecule is OCC(CCN1CCCCC1)(C1CCCC1)C1CCCC1. The van der Waals surface area contributed by atoms with Gasteiger partial charge in [-0.2, -0.15) is 0 Å². The summed E-state index contributed by atoms with van der Waals surface area (Å²) in [5.74, 6) is 1.63. The van der Waals surface area contributed by atoms with Crippen molar-refractivity contribution in [3.05, 3.63) is 0 Å². The molecule has 2 heteroatoms. The zero-order valence-electron chi connectivity index (χ0n) is 13.9. The van der Waals surface area contributed by atoms with Crippen LogP contribution in [-0.4, -0.2) is 36.2 Å². The van der Waals surface area contributed by atoms with Crippen LogP contribution in [0.4, 0.5) is 0 Å². The largest absolute Gasteiger partial charge is 0.396 e. The molecule has 21 heavy (non-hydrogen) atoms. The minimum Gasteiger partial charge on any atom is -0.396 e. The average molecular weight is 293 g/mol. The van der Waals surface area contributed by atoms with Gasteiger partial charge in [0.1, 0.15) is 0 Å². The molecule has 2 aliphatic carbocycles. The highest BCUT2D eigenvalue weighted by molar-refractivity contribution is 4.96. The maximum absolute atomic E-state index is 10.4. The average Bonchev–Trinajstić information content (AvgIpc) is 3.24. The van der Waals surface area contributed by atoms with E-state index in [4.69, 9.17) is 0 Å². The van der Waals surface area contributed by atoms with Crippen molar-refractivity contribution in [1.29, 1.82) is 0 Å². The third-order valence-corrected chi connectivity index (χ3v) is 6.97. The Labute approximate surface area is 131 Å². The fraction of sp³-hybridized carbons (Fsp3) is 1.00. The molecule has 1 N–H and O–H groups in total. The summed E-state index contributed by atoms with van der Waals surface area (Å²) in [6.45, 7) is 4.30.